The van der Waals surface area contributed by atoms with Crippen LogP contribution in [-0.2, 0) is 9.47 Å². The van der Waals surface area contributed by atoms with Crippen LogP contribution in [0.15, 0.2) is 11.4 Å². The van der Waals surface area contributed by atoms with Crippen LogP contribution in [0.1, 0.15) is 27.7 Å². The fourth-order valence-corrected chi connectivity index (χ4v) is 1.43. The molecule has 0 heterocycles. The first-order valence-electron chi connectivity index (χ1n) is 6.48. The van der Waals surface area contributed by atoms with Crippen LogP contribution in [0.4, 0.5) is 18.0 Å². The summed E-state index contributed by atoms with van der Waals surface area (Å²) in [7, 11) is 1.35. The monoisotopic (exact) mass is 325 g/mol. The zero-order valence-electron chi connectivity index (χ0n) is 13.2. The highest BCUT2D eigenvalue weighted by Crippen LogP contribution is 2.25. The zero-order valence-corrected chi connectivity index (χ0v) is 13.2. The molecule has 0 aliphatic rings. The third-order valence-electron chi connectivity index (χ3n) is 2.14. The maximum atomic E-state index is 13.1. The summed E-state index contributed by atoms with van der Waals surface area (Å²) in [5, 5.41) is 11.2. The van der Waals surface area contributed by atoms with E-state index in [2.05, 4.69) is 5.32 Å². The summed E-state index contributed by atoms with van der Waals surface area (Å²) in [6.07, 6.45) is -5.45. The first-order valence-corrected chi connectivity index (χ1v) is 6.48. The predicted molar refractivity (Wildman–Crippen MR) is 75.7 cm³/mol. The second kappa shape index (κ2) is 8.02. The van der Waals surface area contributed by atoms with Crippen LogP contribution in [0.25, 0.3) is 0 Å². The topological polar surface area (TPSA) is 83.4 Å². The Morgan fingerprint density at radius 1 is 1.32 bits per heavy atom. The van der Waals surface area contributed by atoms with Gasteiger partial charge in [-0.25, -0.2) is 4.79 Å². The van der Waals surface area contributed by atoms with Gasteiger partial charge in [0.05, 0.1) is 12.3 Å². The van der Waals surface area contributed by atoms with Crippen molar-refractivity contribution >= 4 is 12.3 Å². The van der Waals surface area contributed by atoms with Crippen molar-refractivity contribution in [2.24, 2.45) is 0 Å². The number of amides is 1. The molecule has 0 aliphatic carbocycles. The normalized spacial score (nSPS) is 14.7. The molecule has 3 N–H and O–H groups in total. The number of hydrogen-bond acceptors (Lipinski definition) is 5. The lowest BCUT2D eigenvalue weighted by Gasteiger charge is -2.23. The lowest BCUT2D eigenvalue weighted by Crippen LogP contribution is -2.41. The molecule has 0 bridgehead atoms. The Morgan fingerprint density at radius 3 is 2.23 bits per heavy atom. The smallest absolute Gasteiger partial charge is 0.433 e. The van der Waals surface area contributed by atoms with Gasteiger partial charge in [-0.1, -0.05) is 0 Å². The van der Waals surface area contributed by atoms with E-state index in [-0.39, 0.29) is 6.61 Å². The number of hydrogen-bond donors (Lipinski definition) is 3. The van der Waals surface area contributed by atoms with Gasteiger partial charge in [-0.05, 0) is 27.7 Å². The van der Waals surface area contributed by atoms with E-state index in [9.17, 15) is 18.0 Å². The summed E-state index contributed by atoms with van der Waals surface area (Å²) in [5.41, 5.74) is -2.84. The minimum atomic E-state index is -4.77. The van der Waals surface area contributed by atoms with Crippen molar-refractivity contribution in [2.75, 3.05) is 13.7 Å². The van der Waals surface area contributed by atoms with Crippen LogP contribution >= 0.6 is 0 Å². The molecule has 0 aromatic heterocycles. The molecule has 0 saturated heterocycles. The Hall–Kier alpha value is -1.77. The highest BCUT2D eigenvalue weighted by molar-refractivity contribution is 5.84. The van der Waals surface area contributed by atoms with Gasteiger partial charge < -0.3 is 20.2 Å². The fraction of sp³-hybridized carbons (Fsp3) is 0.692. The average Bonchev–Trinajstić information content (AvgIpc) is 2.30. The molecule has 0 radical (unpaired) electrons. The third-order valence-corrected chi connectivity index (χ3v) is 2.14. The fourth-order valence-electron chi connectivity index (χ4n) is 1.43. The Kier molecular flexibility index (Phi) is 7.37. The summed E-state index contributed by atoms with van der Waals surface area (Å²) < 4.78 is 48.9. The van der Waals surface area contributed by atoms with E-state index in [0.717, 1.165) is 0 Å². The molecule has 6 nitrogen and oxygen atoms in total. The number of alkyl halides is 3. The number of carbonyl (C=O) groups is 1. The molecule has 0 rings (SSSR count). The standard InChI is InChI=1S/C13H22F3N3O3/c1-8(7-21-5)18-10(13(14,15)16)9(6-17)19-11(20)22-12(2,3)4/h6,8,17-18H,7H2,1-5H3,(H,19,20)/b10-9+,17-6?. The van der Waals surface area contributed by atoms with Crippen LogP contribution in [0.3, 0.4) is 0 Å². The van der Waals surface area contributed by atoms with Crippen LogP contribution < -0.4 is 10.6 Å². The molecule has 128 valence electrons. The minimum Gasteiger partial charge on any atom is -0.444 e. The van der Waals surface area contributed by atoms with Gasteiger partial charge in [0.2, 0.25) is 0 Å². The summed E-state index contributed by atoms with van der Waals surface area (Å²) >= 11 is 0. The molecule has 1 amide bonds. The van der Waals surface area contributed by atoms with E-state index >= 15 is 0 Å². The molecule has 0 fully saturated rings. The van der Waals surface area contributed by atoms with Crippen molar-refractivity contribution in [1.29, 1.82) is 5.41 Å². The minimum absolute atomic E-state index is 0.0251. The predicted octanol–water partition coefficient (Wildman–Crippen LogP) is 2.56. The van der Waals surface area contributed by atoms with Gasteiger partial charge in [-0.2, -0.15) is 13.2 Å². The number of methoxy groups -OCH3 is 1. The number of carbonyl (C=O) groups excluding carboxylic acids is 1. The number of ether oxygens (including phenoxy) is 2. The zero-order chi connectivity index (χ0) is 17.6. The molecule has 0 aromatic rings. The highest BCUT2D eigenvalue weighted by atomic mass is 19.4. The van der Waals surface area contributed by atoms with Crippen molar-refractivity contribution in [3.05, 3.63) is 11.4 Å². The van der Waals surface area contributed by atoms with Gasteiger partial charge in [-0.15, -0.1) is 0 Å². The maximum absolute atomic E-state index is 13.1. The summed E-state index contributed by atoms with van der Waals surface area (Å²) in [5.74, 6) is 0. The van der Waals surface area contributed by atoms with Crippen LogP contribution in [0.2, 0.25) is 0 Å². The van der Waals surface area contributed by atoms with Gasteiger partial charge in [-0.3, -0.25) is 5.32 Å². The highest BCUT2D eigenvalue weighted by Gasteiger charge is 2.38. The van der Waals surface area contributed by atoms with Gasteiger partial charge >= 0.3 is 12.3 Å². The van der Waals surface area contributed by atoms with Gasteiger partial charge in [0.15, 0.2) is 0 Å². The lowest BCUT2D eigenvalue weighted by molar-refractivity contribution is -0.0989. The van der Waals surface area contributed by atoms with Crippen LogP contribution in [0.5, 0.6) is 0 Å². The van der Waals surface area contributed by atoms with Crippen LogP contribution in [0, 0.1) is 5.41 Å². The molecule has 0 saturated carbocycles. The lowest BCUT2D eigenvalue weighted by atomic mass is 10.2. The molecule has 9 heteroatoms. The van der Waals surface area contributed by atoms with Crippen LogP contribution in [-0.4, -0.2) is 43.8 Å². The van der Waals surface area contributed by atoms with Crippen molar-refractivity contribution in [2.45, 2.75) is 45.5 Å². The molecule has 1 atom stereocenters. The van der Waals surface area contributed by atoms with E-state index in [1.54, 1.807) is 20.8 Å². The molecular weight excluding hydrogens is 303 g/mol. The second-order valence-electron chi connectivity index (χ2n) is 5.56. The number of allylic oxidation sites excluding steroid dienone is 2. The molecule has 0 spiro atoms. The number of alkyl carbamates (subject to hydrolysis) is 1. The Morgan fingerprint density at radius 2 is 1.86 bits per heavy atom. The van der Waals surface area contributed by atoms with Gasteiger partial charge in [0.25, 0.3) is 0 Å². The van der Waals surface area contributed by atoms with Crippen molar-refractivity contribution in [3.8, 4) is 0 Å². The summed E-state index contributed by atoms with van der Waals surface area (Å²) in [4.78, 5) is 11.6. The Labute approximate surface area is 127 Å². The number of rotatable bonds is 6. The van der Waals surface area contributed by atoms with Gasteiger partial charge in [0.1, 0.15) is 11.3 Å². The Bertz CT molecular complexity index is 428. The summed E-state index contributed by atoms with van der Waals surface area (Å²) in [6.45, 7) is 6.22. The van der Waals surface area contributed by atoms with Crippen molar-refractivity contribution in [3.63, 3.8) is 0 Å². The SMILES string of the molecule is COCC(C)N/C(=C(\C=N)NC(=O)OC(C)(C)C)C(F)(F)F. The summed E-state index contributed by atoms with van der Waals surface area (Å²) in [6, 6.07) is -0.669. The maximum Gasteiger partial charge on any atom is 0.433 e. The second-order valence-corrected chi connectivity index (χ2v) is 5.56. The van der Waals surface area contributed by atoms with E-state index in [0.29, 0.717) is 6.21 Å². The van der Waals surface area contributed by atoms with E-state index in [1.165, 1.54) is 14.0 Å². The average molecular weight is 325 g/mol. The van der Waals surface area contributed by atoms with Crippen molar-refractivity contribution in [1.82, 2.24) is 10.6 Å². The van der Waals surface area contributed by atoms with E-state index in [4.69, 9.17) is 14.9 Å². The van der Waals surface area contributed by atoms with E-state index in [1.807, 2.05) is 5.32 Å². The first-order chi connectivity index (χ1) is 9.90. The quantitative estimate of drug-likeness (QED) is 0.655. The number of halogens is 3. The largest absolute Gasteiger partial charge is 0.444 e. The molecule has 0 aromatic carbocycles. The van der Waals surface area contributed by atoms with Crippen molar-refractivity contribution < 1.29 is 27.4 Å². The Balaban J connectivity index is 5.34. The van der Waals surface area contributed by atoms with E-state index < -0.39 is 35.3 Å². The van der Waals surface area contributed by atoms with Gasteiger partial charge in [0, 0.05) is 19.4 Å². The molecule has 22 heavy (non-hydrogen) atoms. The molecule has 1 unspecified atom stereocenters. The third kappa shape index (κ3) is 7.87. The first kappa shape index (κ1) is 20.2. The number of nitrogens with one attached hydrogen (secondary N) is 3. The molecule has 0 aliphatic heterocycles. The molecular formula is C13H22F3N3O3.